The summed E-state index contributed by atoms with van der Waals surface area (Å²) in [4.78, 5) is 45.2. The lowest BCUT2D eigenvalue weighted by Gasteiger charge is -2.36. The Bertz CT molecular complexity index is 1220. The van der Waals surface area contributed by atoms with E-state index < -0.39 is 11.4 Å². The lowest BCUT2D eigenvalue weighted by Crippen LogP contribution is -2.58. The summed E-state index contributed by atoms with van der Waals surface area (Å²) in [5, 5.41) is 5.83. The molecule has 9 heteroatoms. The van der Waals surface area contributed by atoms with Crippen molar-refractivity contribution < 1.29 is 18.8 Å². The summed E-state index contributed by atoms with van der Waals surface area (Å²) in [6.07, 6.45) is 7.26. The lowest BCUT2D eigenvalue weighted by molar-refractivity contribution is -0.141. The first-order chi connectivity index (χ1) is 17.3. The Morgan fingerprint density at radius 2 is 1.81 bits per heavy atom. The number of nitrogens with one attached hydrogen (secondary N) is 2. The molecule has 0 saturated heterocycles. The highest BCUT2D eigenvalue weighted by molar-refractivity contribution is 5.92. The highest BCUT2D eigenvalue weighted by Gasteiger charge is 2.44. The fraction of sp³-hybridized carbons (Fsp3) is 0.407. The molecular formula is C27H30FN5O3. The van der Waals surface area contributed by atoms with E-state index in [-0.39, 0.29) is 17.8 Å². The van der Waals surface area contributed by atoms with Gasteiger partial charge in [-0.1, -0.05) is 31.1 Å². The molecule has 1 fully saturated rings. The number of amides is 4. The number of anilines is 1. The predicted molar refractivity (Wildman–Crippen MR) is 133 cm³/mol. The maximum atomic E-state index is 13.4. The van der Waals surface area contributed by atoms with E-state index in [1.165, 1.54) is 19.2 Å². The molecule has 1 saturated carbocycles. The Morgan fingerprint density at radius 3 is 2.47 bits per heavy atom. The van der Waals surface area contributed by atoms with Crippen LogP contribution in [-0.2, 0) is 22.7 Å². The summed E-state index contributed by atoms with van der Waals surface area (Å²) in [6, 6.07) is 8.81. The van der Waals surface area contributed by atoms with Gasteiger partial charge in [0.25, 0.3) is 0 Å². The van der Waals surface area contributed by atoms with Crippen molar-refractivity contribution in [3.8, 4) is 0 Å². The van der Waals surface area contributed by atoms with Crippen molar-refractivity contribution in [1.82, 2.24) is 20.1 Å². The van der Waals surface area contributed by atoms with Gasteiger partial charge in [0.15, 0.2) is 0 Å². The van der Waals surface area contributed by atoms with E-state index in [2.05, 4.69) is 21.7 Å². The highest BCUT2D eigenvalue weighted by Crippen LogP contribution is 2.33. The van der Waals surface area contributed by atoms with Gasteiger partial charge in [-0.05, 0) is 54.2 Å². The number of urea groups is 1. The summed E-state index contributed by atoms with van der Waals surface area (Å²) in [5.41, 5.74) is 3.57. The van der Waals surface area contributed by atoms with E-state index in [1.54, 1.807) is 4.90 Å². The van der Waals surface area contributed by atoms with Gasteiger partial charge in [-0.15, -0.1) is 0 Å². The Labute approximate surface area is 209 Å². The van der Waals surface area contributed by atoms with Crippen LogP contribution in [0.4, 0.5) is 14.9 Å². The zero-order valence-electron chi connectivity index (χ0n) is 20.3. The summed E-state index contributed by atoms with van der Waals surface area (Å²) < 4.78 is 13.4. The number of carbonyl (C=O) groups is 3. The summed E-state index contributed by atoms with van der Waals surface area (Å²) in [6.45, 7) is 3.27. The normalized spacial score (nSPS) is 18.4. The molecule has 8 nitrogen and oxygen atoms in total. The number of rotatable bonds is 4. The largest absolute Gasteiger partial charge is 0.342 e. The summed E-state index contributed by atoms with van der Waals surface area (Å²) >= 11 is 0. The molecule has 2 N–H and O–H groups in total. The molecule has 1 aromatic carbocycles. The Hall–Kier alpha value is -3.75. The standard InChI is InChI=1S/C27H30FN5O3/c1-18(34)31-27(10-2-3-11-27)25(35)32-12-8-20(9-13-32)19-4-6-23(7-5-19)30-26(36)33-16-21-14-22(28)15-29-24(21)17-33/h4-8,14-15H,2-3,9-13,16-17H2,1H3,(H,30,36)(H,31,34). The van der Waals surface area contributed by atoms with Crippen LogP contribution in [-0.4, -0.2) is 51.3 Å². The van der Waals surface area contributed by atoms with Crippen LogP contribution >= 0.6 is 0 Å². The maximum Gasteiger partial charge on any atom is 0.322 e. The van der Waals surface area contributed by atoms with E-state index in [0.29, 0.717) is 44.7 Å². The fourth-order valence-corrected chi connectivity index (χ4v) is 5.47. The first-order valence-electron chi connectivity index (χ1n) is 12.4. The zero-order valence-corrected chi connectivity index (χ0v) is 20.3. The van der Waals surface area contributed by atoms with Gasteiger partial charge in [0.05, 0.1) is 18.4 Å². The van der Waals surface area contributed by atoms with Gasteiger partial charge in [0.2, 0.25) is 11.8 Å². The second-order valence-electron chi connectivity index (χ2n) is 9.82. The first kappa shape index (κ1) is 24.0. The molecule has 0 radical (unpaired) electrons. The van der Waals surface area contributed by atoms with Crippen LogP contribution in [0, 0.1) is 5.82 Å². The zero-order chi connectivity index (χ0) is 25.3. The van der Waals surface area contributed by atoms with Crippen LogP contribution in [0.25, 0.3) is 5.57 Å². The number of carbonyl (C=O) groups excluding carboxylic acids is 3. The minimum atomic E-state index is -0.752. The second kappa shape index (κ2) is 9.72. The smallest absolute Gasteiger partial charge is 0.322 e. The van der Waals surface area contributed by atoms with Crippen molar-refractivity contribution >= 4 is 29.1 Å². The maximum absolute atomic E-state index is 13.4. The predicted octanol–water partition coefficient (Wildman–Crippen LogP) is 3.83. The minimum Gasteiger partial charge on any atom is -0.342 e. The highest BCUT2D eigenvalue weighted by atomic mass is 19.1. The number of fused-ring (bicyclic) bond motifs is 1. The molecule has 1 aliphatic carbocycles. The van der Waals surface area contributed by atoms with Gasteiger partial charge >= 0.3 is 6.03 Å². The molecule has 1 aromatic heterocycles. The van der Waals surface area contributed by atoms with Gasteiger partial charge in [-0.3, -0.25) is 14.6 Å². The van der Waals surface area contributed by atoms with Gasteiger partial charge in [0, 0.05) is 32.2 Å². The second-order valence-corrected chi connectivity index (χ2v) is 9.82. The van der Waals surface area contributed by atoms with Crippen LogP contribution in [0.5, 0.6) is 0 Å². The summed E-state index contributed by atoms with van der Waals surface area (Å²) in [7, 11) is 0. The number of hydrogen-bond acceptors (Lipinski definition) is 4. The average molecular weight is 492 g/mol. The number of hydrogen-bond donors (Lipinski definition) is 2. The van der Waals surface area contributed by atoms with Crippen molar-refractivity contribution in [2.24, 2.45) is 0 Å². The molecule has 0 spiro atoms. The van der Waals surface area contributed by atoms with E-state index in [4.69, 9.17) is 0 Å². The third-order valence-electron chi connectivity index (χ3n) is 7.30. The SMILES string of the molecule is CC(=O)NC1(C(=O)N2CC=C(c3ccc(NC(=O)N4Cc5cc(F)cnc5C4)cc3)CC2)CCCC1. The minimum absolute atomic E-state index is 0.0190. The molecule has 0 bridgehead atoms. The molecule has 36 heavy (non-hydrogen) atoms. The van der Waals surface area contributed by atoms with E-state index in [1.807, 2.05) is 29.2 Å². The van der Waals surface area contributed by atoms with Crippen molar-refractivity contribution in [3.05, 3.63) is 65.2 Å². The average Bonchev–Trinajstić information content (AvgIpc) is 3.51. The number of pyridine rings is 1. The molecule has 3 heterocycles. The monoisotopic (exact) mass is 491 g/mol. The van der Waals surface area contributed by atoms with Gasteiger partial charge in [-0.2, -0.15) is 0 Å². The van der Waals surface area contributed by atoms with Gasteiger partial charge < -0.3 is 20.4 Å². The number of halogens is 1. The van der Waals surface area contributed by atoms with E-state index >= 15 is 0 Å². The third kappa shape index (κ3) is 4.82. The molecule has 0 unspecified atom stereocenters. The topological polar surface area (TPSA) is 94.6 Å². The van der Waals surface area contributed by atoms with Gasteiger partial charge in [0.1, 0.15) is 11.4 Å². The molecule has 0 atom stereocenters. The number of benzene rings is 1. The van der Waals surface area contributed by atoms with Gasteiger partial charge in [-0.25, -0.2) is 9.18 Å². The van der Waals surface area contributed by atoms with Crippen LogP contribution in [0.15, 0.2) is 42.6 Å². The molecule has 2 aromatic rings. The van der Waals surface area contributed by atoms with Crippen LogP contribution in [0.1, 0.15) is 55.8 Å². The quantitative estimate of drug-likeness (QED) is 0.680. The molecule has 3 aliphatic rings. The van der Waals surface area contributed by atoms with Crippen LogP contribution in [0.3, 0.4) is 0 Å². The van der Waals surface area contributed by atoms with E-state index in [9.17, 15) is 18.8 Å². The Kier molecular flexibility index (Phi) is 6.47. The van der Waals surface area contributed by atoms with Crippen molar-refractivity contribution in [3.63, 3.8) is 0 Å². The van der Waals surface area contributed by atoms with Crippen LogP contribution < -0.4 is 10.6 Å². The van der Waals surface area contributed by atoms with Crippen molar-refractivity contribution in [2.45, 2.75) is 57.7 Å². The molecular weight excluding hydrogens is 461 g/mol. The Morgan fingerprint density at radius 1 is 1.06 bits per heavy atom. The third-order valence-corrected chi connectivity index (χ3v) is 7.30. The molecule has 2 aliphatic heterocycles. The van der Waals surface area contributed by atoms with Crippen molar-refractivity contribution in [2.75, 3.05) is 18.4 Å². The molecule has 5 rings (SSSR count). The lowest BCUT2D eigenvalue weighted by atomic mass is 9.93. The molecule has 4 amide bonds. The number of nitrogens with zero attached hydrogens (tertiary/aromatic N) is 3. The van der Waals surface area contributed by atoms with Crippen LogP contribution in [0.2, 0.25) is 0 Å². The van der Waals surface area contributed by atoms with Crippen molar-refractivity contribution in [1.29, 1.82) is 0 Å². The van der Waals surface area contributed by atoms with E-state index in [0.717, 1.165) is 41.7 Å². The summed E-state index contributed by atoms with van der Waals surface area (Å²) in [5.74, 6) is -0.544. The molecule has 188 valence electrons. The first-order valence-corrected chi connectivity index (χ1v) is 12.4. The fourth-order valence-electron chi connectivity index (χ4n) is 5.47. The Balaban J connectivity index is 1.18. The number of aromatic nitrogens is 1.